The minimum absolute atomic E-state index is 0.0327. The number of likely N-dealkylation sites (tertiary alicyclic amines) is 1. The van der Waals surface area contributed by atoms with Gasteiger partial charge in [-0.05, 0) is 64.6 Å². The first-order valence-corrected chi connectivity index (χ1v) is 13.3. The maximum absolute atomic E-state index is 13.2. The molecule has 3 unspecified atom stereocenters. The predicted octanol–water partition coefficient (Wildman–Crippen LogP) is 4.61. The highest BCUT2D eigenvalue weighted by Crippen LogP contribution is 2.48. The molecule has 1 saturated carbocycles. The zero-order chi connectivity index (χ0) is 26.7. The predicted molar refractivity (Wildman–Crippen MR) is 145 cm³/mol. The van der Waals surface area contributed by atoms with Crippen molar-refractivity contribution in [2.45, 2.75) is 37.3 Å². The molecule has 3 aliphatic rings. The fraction of sp³-hybridized carbons (Fsp3) is 0.290. The molecule has 1 amide bonds. The largest absolute Gasteiger partial charge is 0.480 e. The molecule has 2 fully saturated rings. The quantitative estimate of drug-likeness (QED) is 0.412. The van der Waals surface area contributed by atoms with E-state index in [2.05, 4.69) is 29.2 Å². The summed E-state index contributed by atoms with van der Waals surface area (Å²) in [4.78, 5) is 43.3. The second-order valence-electron chi connectivity index (χ2n) is 10.8. The van der Waals surface area contributed by atoms with Crippen LogP contribution in [0.25, 0.3) is 22.0 Å². The van der Waals surface area contributed by atoms with Crippen LogP contribution in [-0.4, -0.2) is 50.8 Å². The molecular weight excluding hydrogens is 494 g/mol. The molecule has 2 aliphatic carbocycles. The van der Waals surface area contributed by atoms with Crippen molar-refractivity contribution < 1.29 is 19.4 Å². The van der Waals surface area contributed by atoms with Crippen LogP contribution in [0, 0.1) is 5.92 Å². The summed E-state index contributed by atoms with van der Waals surface area (Å²) >= 11 is 0. The number of carboxylic acid groups (broad SMARTS) is 1. The van der Waals surface area contributed by atoms with Crippen LogP contribution in [-0.2, 0) is 16.1 Å². The maximum atomic E-state index is 13.2. The number of aromatic nitrogens is 2. The van der Waals surface area contributed by atoms with Crippen molar-refractivity contribution in [3.05, 3.63) is 100 Å². The van der Waals surface area contributed by atoms with Crippen LogP contribution < -0.4 is 5.56 Å². The van der Waals surface area contributed by atoms with E-state index in [0.29, 0.717) is 24.1 Å². The molecule has 3 atom stereocenters. The minimum Gasteiger partial charge on any atom is -0.480 e. The van der Waals surface area contributed by atoms with Gasteiger partial charge in [-0.15, -0.1) is 0 Å². The van der Waals surface area contributed by atoms with Gasteiger partial charge in [-0.25, -0.2) is 9.78 Å². The van der Waals surface area contributed by atoms with Gasteiger partial charge < -0.3 is 14.7 Å². The molecule has 7 rings (SSSR count). The monoisotopic (exact) mass is 521 g/mol. The Morgan fingerprint density at radius 1 is 0.974 bits per heavy atom. The molecular formula is C31H27N3O5. The van der Waals surface area contributed by atoms with Crippen molar-refractivity contribution in [2.24, 2.45) is 5.92 Å². The summed E-state index contributed by atoms with van der Waals surface area (Å²) in [6.07, 6.45) is 2.73. The Morgan fingerprint density at radius 2 is 1.69 bits per heavy atom. The number of aliphatic carboxylic acids is 1. The SMILES string of the molecule is O=C(O)Cn1cnc2ccc(C3CC4CC3CN4C(=O)OCC3c4ccccc4-c4ccccc43)cc2c1=O. The van der Waals surface area contributed by atoms with Gasteiger partial charge in [-0.2, -0.15) is 0 Å². The summed E-state index contributed by atoms with van der Waals surface area (Å²) in [6, 6.07) is 22.4. The molecule has 39 heavy (non-hydrogen) atoms. The highest BCUT2D eigenvalue weighted by Gasteiger charge is 2.47. The van der Waals surface area contributed by atoms with Gasteiger partial charge in [-0.3, -0.25) is 14.2 Å². The van der Waals surface area contributed by atoms with Gasteiger partial charge in [0.1, 0.15) is 13.2 Å². The van der Waals surface area contributed by atoms with Crippen LogP contribution >= 0.6 is 0 Å². The van der Waals surface area contributed by atoms with Gasteiger partial charge in [0.2, 0.25) is 0 Å². The van der Waals surface area contributed by atoms with Crippen LogP contribution in [0.5, 0.6) is 0 Å². The van der Waals surface area contributed by atoms with E-state index in [1.54, 1.807) is 0 Å². The molecule has 196 valence electrons. The second-order valence-corrected chi connectivity index (χ2v) is 10.8. The maximum Gasteiger partial charge on any atom is 0.410 e. The van der Waals surface area contributed by atoms with Crippen LogP contribution in [0.3, 0.4) is 0 Å². The lowest BCUT2D eigenvalue weighted by Gasteiger charge is -2.31. The van der Waals surface area contributed by atoms with Crippen molar-refractivity contribution in [3.63, 3.8) is 0 Å². The van der Waals surface area contributed by atoms with Crippen molar-refractivity contribution in [2.75, 3.05) is 13.2 Å². The first-order valence-electron chi connectivity index (χ1n) is 13.3. The number of amides is 1. The molecule has 1 aromatic heterocycles. The van der Waals surface area contributed by atoms with Crippen LogP contribution in [0.4, 0.5) is 4.79 Å². The number of benzene rings is 3. The lowest BCUT2D eigenvalue weighted by atomic mass is 9.87. The molecule has 3 aromatic carbocycles. The fourth-order valence-electron chi connectivity index (χ4n) is 6.93. The Morgan fingerprint density at radius 3 is 2.36 bits per heavy atom. The number of hydrogen-bond acceptors (Lipinski definition) is 5. The summed E-state index contributed by atoms with van der Waals surface area (Å²) in [6.45, 7) is 0.514. The standard InChI is InChI=1S/C31H27N3O5/c35-29(36)15-33-17-32-28-10-9-18(12-26(28)30(33)37)25-13-20-11-19(25)14-34(20)31(38)39-16-27-23-7-3-1-5-21(23)22-6-2-4-8-24(22)27/h1-10,12,17,19-20,25,27H,11,13-16H2,(H,35,36). The topological polar surface area (TPSA) is 102 Å². The number of carbonyl (C=O) groups excluding carboxylic acids is 1. The molecule has 0 spiro atoms. The van der Waals surface area contributed by atoms with E-state index in [-0.39, 0.29) is 35.4 Å². The molecule has 8 nitrogen and oxygen atoms in total. The smallest absolute Gasteiger partial charge is 0.410 e. The third-order valence-corrected chi connectivity index (χ3v) is 8.69. The molecule has 1 aliphatic heterocycles. The second kappa shape index (κ2) is 9.08. The van der Waals surface area contributed by atoms with E-state index >= 15 is 0 Å². The fourth-order valence-corrected chi connectivity index (χ4v) is 6.93. The summed E-state index contributed by atoms with van der Waals surface area (Å²) in [7, 11) is 0. The molecule has 1 N–H and O–H groups in total. The first-order chi connectivity index (χ1) is 19.0. The van der Waals surface area contributed by atoms with Crippen molar-refractivity contribution in [1.82, 2.24) is 14.5 Å². The lowest BCUT2D eigenvalue weighted by Crippen LogP contribution is -2.40. The van der Waals surface area contributed by atoms with E-state index in [1.807, 2.05) is 47.4 Å². The summed E-state index contributed by atoms with van der Waals surface area (Å²) in [5.41, 5.74) is 6.04. The van der Waals surface area contributed by atoms with Crippen molar-refractivity contribution >= 4 is 23.0 Å². The summed E-state index contributed by atoms with van der Waals surface area (Å²) < 4.78 is 7.04. The van der Waals surface area contributed by atoms with E-state index in [0.717, 1.165) is 23.0 Å². The summed E-state index contributed by atoms with van der Waals surface area (Å²) in [5.74, 6) is -0.545. The normalized spacial score (nSPS) is 21.2. The zero-order valence-electron chi connectivity index (χ0n) is 21.2. The van der Waals surface area contributed by atoms with E-state index < -0.39 is 12.5 Å². The van der Waals surface area contributed by atoms with Crippen LogP contribution in [0.15, 0.2) is 77.9 Å². The van der Waals surface area contributed by atoms with Crippen molar-refractivity contribution in [3.8, 4) is 11.1 Å². The van der Waals surface area contributed by atoms with Crippen molar-refractivity contribution in [1.29, 1.82) is 0 Å². The number of carboxylic acids is 1. The van der Waals surface area contributed by atoms with Gasteiger partial charge in [0.05, 0.1) is 17.2 Å². The number of hydrogen-bond donors (Lipinski definition) is 1. The van der Waals surface area contributed by atoms with Gasteiger partial charge in [-0.1, -0.05) is 54.6 Å². The lowest BCUT2D eigenvalue weighted by molar-refractivity contribution is -0.137. The van der Waals surface area contributed by atoms with E-state index in [9.17, 15) is 14.4 Å². The summed E-state index contributed by atoms with van der Waals surface area (Å²) in [5, 5.41) is 9.51. The molecule has 1 saturated heterocycles. The van der Waals surface area contributed by atoms with Crippen LogP contribution in [0.1, 0.15) is 41.4 Å². The number of piperidine rings is 1. The number of rotatable bonds is 5. The van der Waals surface area contributed by atoms with E-state index in [4.69, 9.17) is 9.84 Å². The molecule has 0 radical (unpaired) electrons. The average molecular weight is 522 g/mol. The molecule has 2 heterocycles. The van der Waals surface area contributed by atoms with Gasteiger partial charge in [0.25, 0.3) is 5.56 Å². The van der Waals surface area contributed by atoms with Gasteiger partial charge in [0, 0.05) is 18.5 Å². The van der Waals surface area contributed by atoms with Crippen LogP contribution in [0.2, 0.25) is 0 Å². The van der Waals surface area contributed by atoms with Gasteiger partial charge in [0.15, 0.2) is 0 Å². The minimum atomic E-state index is -1.09. The number of carbonyl (C=O) groups is 2. The number of fused-ring (bicyclic) bond motifs is 6. The Kier molecular flexibility index (Phi) is 5.50. The number of nitrogens with zero attached hydrogens (tertiary/aromatic N) is 3. The first kappa shape index (κ1) is 23.6. The van der Waals surface area contributed by atoms with Gasteiger partial charge >= 0.3 is 12.1 Å². The Balaban J connectivity index is 1.05. The molecule has 4 aromatic rings. The third-order valence-electron chi connectivity index (χ3n) is 8.69. The number of ether oxygens (including phenoxy) is 1. The Hall–Kier alpha value is -4.46. The third kappa shape index (κ3) is 3.90. The van der Waals surface area contributed by atoms with E-state index in [1.165, 1.54) is 28.6 Å². The highest BCUT2D eigenvalue weighted by molar-refractivity contribution is 5.80. The Labute approximate surface area is 224 Å². The highest BCUT2D eigenvalue weighted by atomic mass is 16.6. The molecule has 8 heteroatoms. The Bertz CT molecular complexity index is 1650. The zero-order valence-corrected chi connectivity index (χ0v) is 21.2. The average Bonchev–Trinajstić information content (AvgIpc) is 3.65. The molecule has 2 bridgehead atoms.